The van der Waals surface area contributed by atoms with Gasteiger partial charge in [-0.25, -0.2) is 19.9 Å². The van der Waals surface area contributed by atoms with Crippen LogP contribution < -0.4 is 19.9 Å². The molecule has 2 aromatic carbocycles. The number of aryl methyl sites for hydroxylation is 8. The van der Waals surface area contributed by atoms with E-state index < -0.39 is 0 Å². The number of benzene rings is 2. The van der Waals surface area contributed by atoms with Gasteiger partial charge >= 0.3 is 33.0 Å². The first-order valence-corrected chi connectivity index (χ1v) is 35.6. The molecular weight excluding hydrogens is 1260 g/mol. The summed E-state index contributed by atoms with van der Waals surface area (Å²) in [5.41, 5.74) is 42.5. The van der Waals surface area contributed by atoms with Gasteiger partial charge in [0.25, 0.3) is 0 Å². The number of allylic oxidation sites excluding steroid dienone is 8. The summed E-state index contributed by atoms with van der Waals surface area (Å²) < 4.78 is 0. The van der Waals surface area contributed by atoms with Crippen LogP contribution >= 0.6 is 0 Å². The Bertz CT molecular complexity index is 4530. The number of aromatic nitrogens is 8. The number of nitrogens with zero attached hydrogens (tertiary/aromatic N) is 8. The van der Waals surface area contributed by atoms with Crippen LogP contribution in [0.1, 0.15) is 261 Å². The van der Waals surface area contributed by atoms with Crippen LogP contribution in [-0.2, 0) is 58.7 Å². The molecule has 10 heterocycles. The number of rotatable bonds is 20. The fourth-order valence-electron chi connectivity index (χ4n) is 15.2. The first kappa shape index (κ1) is 71.1. The maximum absolute atomic E-state index is 5.65. The third kappa shape index (κ3) is 13.3. The molecule has 0 unspecified atom stereocenters. The zero-order valence-electron chi connectivity index (χ0n) is 59.8. The van der Waals surface area contributed by atoms with Gasteiger partial charge in [-0.3, -0.25) is 0 Å². The predicted octanol–water partition coefficient (Wildman–Crippen LogP) is 22.9. The monoisotopic (exact) mass is 1360 g/mol. The predicted molar refractivity (Wildman–Crippen MR) is 402 cm³/mol. The molecule has 8 nitrogen and oxygen atoms in total. The second-order valence-corrected chi connectivity index (χ2v) is 26.8. The summed E-state index contributed by atoms with van der Waals surface area (Å²) in [6.45, 7) is 36.1. The third-order valence-corrected chi connectivity index (χ3v) is 20.9. The zero-order chi connectivity index (χ0) is 66.2. The summed E-state index contributed by atoms with van der Waals surface area (Å²) in [6.07, 6.45) is 20.7. The molecule has 0 fully saturated rings. The minimum atomic E-state index is 0. The van der Waals surface area contributed by atoms with E-state index in [4.69, 9.17) is 39.9 Å². The minimum absolute atomic E-state index is 0. The van der Waals surface area contributed by atoms with Gasteiger partial charge in [0.05, 0.1) is 45.6 Å². The van der Waals surface area contributed by atoms with Crippen molar-refractivity contribution in [3.8, 4) is 22.3 Å². The van der Waals surface area contributed by atoms with Crippen LogP contribution in [0.15, 0.2) is 84.9 Å². The van der Waals surface area contributed by atoms with E-state index in [9.17, 15) is 0 Å². The molecule has 6 aromatic heterocycles. The van der Waals surface area contributed by atoms with Crippen molar-refractivity contribution < 1.29 is 33.0 Å². The van der Waals surface area contributed by atoms with Crippen molar-refractivity contribution in [3.63, 3.8) is 0 Å². The SMILES string of the molecule is CCCCC1=C(C)c2cc3[n-]c(c(C)c3CC)c(-c3ccc(/C=C/c4ccc(-c5c6nc(cc7[n-]c(cc8nc(cc9[n-]c5c(C)c9CC)C(C)=C8CCCC)c(CCCC)c7C)C(CC)=C6C)cc4)cc3)c3nc(cc4[n-]c(cc1n2)c(CCCC)c4C)C(CC)=C3C.[Ni+2].[Ni+2]. The van der Waals surface area contributed by atoms with Crippen LogP contribution in [0.25, 0.3) is 123 Å². The Balaban J connectivity index is 0.00000501. The molecule has 0 radical (unpaired) electrons. The Morgan fingerprint density at radius 2 is 0.635 bits per heavy atom. The summed E-state index contributed by atoms with van der Waals surface area (Å²) in [5.74, 6) is 0. The third-order valence-electron chi connectivity index (χ3n) is 20.9. The average molecular weight is 1360 g/mol. The number of hydrogen-bond acceptors (Lipinski definition) is 4. The van der Waals surface area contributed by atoms with Gasteiger partial charge in [-0.15, -0.1) is 44.1 Å². The molecule has 0 spiro atoms. The van der Waals surface area contributed by atoms with E-state index in [0.29, 0.717) is 0 Å². The van der Waals surface area contributed by atoms with E-state index in [0.717, 1.165) is 226 Å². The molecule has 0 atom stereocenters. The molecule has 500 valence electrons. The Kier molecular flexibility index (Phi) is 22.5. The van der Waals surface area contributed by atoms with Gasteiger partial charge in [-0.05, 0) is 210 Å². The van der Waals surface area contributed by atoms with E-state index in [1.807, 2.05) is 0 Å². The number of fused-ring (bicyclic) bond motifs is 16. The Morgan fingerprint density at radius 1 is 0.312 bits per heavy atom. The first-order chi connectivity index (χ1) is 45.6. The molecule has 4 aliphatic rings. The van der Waals surface area contributed by atoms with Gasteiger partial charge in [-0.1, -0.05) is 223 Å². The van der Waals surface area contributed by atoms with Crippen LogP contribution in [0.2, 0.25) is 0 Å². The molecule has 0 saturated heterocycles. The van der Waals surface area contributed by atoms with E-state index in [1.165, 1.54) is 89.1 Å². The first-order valence-electron chi connectivity index (χ1n) is 35.6. The topological polar surface area (TPSA) is 108 Å². The van der Waals surface area contributed by atoms with Crippen molar-refractivity contribution in [1.29, 1.82) is 0 Å². The van der Waals surface area contributed by atoms with Crippen LogP contribution in [-0.4, -0.2) is 19.9 Å². The van der Waals surface area contributed by atoms with Gasteiger partial charge in [0.2, 0.25) is 0 Å². The van der Waals surface area contributed by atoms with Crippen molar-refractivity contribution >= 4 is 101 Å². The molecule has 0 aliphatic carbocycles. The molecule has 4 aliphatic heterocycles. The van der Waals surface area contributed by atoms with Crippen LogP contribution in [0.3, 0.4) is 0 Å². The second-order valence-electron chi connectivity index (χ2n) is 26.8. The van der Waals surface area contributed by atoms with Crippen LogP contribution in [0, 0.1) is 27.7 Å². The van der Waals surface area contributed by atoms with Crippen LogP contribution in [0.4, 0.5) is 0 Å². The van der Waals surface area contributed by atoms with E-state index >= 15 is 0 Å². The fourth-order valence-corrected chi connectivity index (χ4v) is 15.2. The Labute approximate surface area is 591 Å². The smallest absolute Gasteiger partial charge is 0.657 e. The average Bonchev–Trinajstić information content (AvgIpc) is 1.60. The van der Waals surface area contributed by atoms with Gasteiger partial charge in [0.15, 0.2) is 0 Å². The minimum Gasteiger partial charge on any atom is -0.657 e. The molecular formula is C86H96N8Ni2. The van der Waals surface area contributed by atoms with Gasteiger partial charge in [0, 0.05) is 0 Å². The largest absolute Gasteiger partial charge is 2.00 e. The van der Waals surface area contributed by atoms with Crippen molar-refractivity contribution in [2.45, 2.75) is 214 Å². The van der Waals surface area contributed by atoms with Gasteiger partial charge in [-0.2, -0.15) is 0 Å². The molecule has 0 amide bonds. The van der Waals surface area contributed by atoms with E-state index in [-0.39, 0.29) is 33.0 Å². The molecule has 16 bridgehead atoms. The number of unbranched alkanes of at least 4 members (excludes halogenated alkanes) is 4. The number of hydrogen-bond donors (Lipinski definition) is 0. The second kappa shape index (κ2) is 30.4. The standard InChI is InChI=1S/C86H96N8.2Ni/c1-17-25-29-65-49(9)69-43-73-61(21-5)53(13)83(91-73)81(84-54(14)62(22-6)74(92-84)44-70-50(10)66(30-26-18-2)78(88-70)47-77(65)87-69)59-39-35-57(36-40-59)33-34-58-37-41-60(42-38-58)82-85-55(15)63(23-7)75(93-85)45-71-51(11)67(31-27-19-3)79(89-71)48-80-68(32-28-20-4)52(12)72(90-80)46-76-64(24-8)56(16)86(82)94-76;;/h33-48H,17-32H2,1-16H3;;/q-4;2*+2/b34-33+,69-43?,70-44?,71-45?,72-46?,73-43?,74-44?,75-45?,76-46?,77-47?,78-47?,79-48?,80-48?,83-81?,84-81?,85-82?,86-82?;;. The molecule has 0 N–H and O–H groups in total. The molecule has 10 heteroatoms. The normalized spacial score (nSPS) is 13.3. The molecule has 0 saturated carbocycles. The van der Waals surface area contributed by atoms with Crippen LogP contribution in [0.5, 0.6) is 0 Å². The van der Waals surface area contributed by atoms with Gasteiger partial charge in [0.1, 0.15) is 0 Å². The summed E-state index contributed by atoms with van der Waals surface area (Å²) >= 11 is 0. The van der Waals surface area contributed by atoms with Gasteiger partial charge < -0.3 is 19.9 Å². The quantitative estimate of drug-likeness (QED) is 0.0548. The van der Waals surface area contributed by atoms with E-state index in [2.05, 4.69) is 208 Å². The summed E-state index contributed by atoms with van der Waals surface area (Å²) in [6, 6.07) is 31.6. The fraction of sp³-hybridized carbons (Fsp3) is 0.372. The Hall–Kier alpha value is -7.63. The summed E-state index contributed by atoms with van der Waals surface area (Å²) in [4.78, 5) is 44.4. The van der Waals surface area contributed by atoms with Crippen molar-refractivity contribution in [2.24, 2.45) is 0 Å². The maximum Gasteiger partial charge on any atom is 2.00 e. The van der Waals surface area contributed by atoms with Crippen molar-refractivity contribution in [3.05, 3.63) is 186 Å². The zero-order valence-corrected chi connectivity index (χ0v) is 61.7. The summed E-state index contributed by atoms with van der Waals surface area (Å²) in [7, 11) is 0. The molecule has 96 heavy (non-hydrogen) atoms. The maximum atomic E-state index is 5.65. The van der Waals surface area contributed by atoms with E-state index in [1.54, 1.807) is 0 Å². The molecule has 8 aromatic rings. The Morgan fingerprint density at radius 3 is 0.979 bits per heavy atom. The van der Waals surface area contributed by atoms with Crippen molar-refractivity contribution in [2.75, 3.05) is 0 Å². The van der Waals surface area contributed by atoms with Crippen molar-refractivity contribution in [1.82, 2.24) is 39.9 Å². The molecule has 12 rings (SSSR count). The summed E-state index contributed by atoms with van der Waals surface area (Å²) in [5, 5.41) is 0.